The number of pyridine rings is 1. The normalized spacial score (nSPS) is 14.2. The first-order valence-corrected chi connectivity index (χ1v) is 9.01. The molecular formula is C15H14N6S2. The second kappa shape index (κ2) is 6.43. The van der Waals surface area contributed by atoms with Crippen LogP contribution in [-0.4, -0.2) is 34.0 Å². The Morgan fingerprint density at radius 3 is 2.87 bits per heavy atom. The van der Waals surface area contributed by atoms with E-state index in [1.165, 1.54) is 0 Å². The van der Waals surface area contributed by atoms with Gasteiger partial charge in [-0.05, 0) is 18.6 Å². The molecule has 0 aromatic carbocycles. The van der Waals surface area contributed by atoms with Crippen molar-refractivity contribution in [1.29, 1.82) is 0 Å². The van der Waals surface area contributed by atoms with E-state index in [4.69, 9.17) is 0 Å². The van der Waals surface area contributed by atoms with Gasteiger partial charge in [0.25, 0.3) is 0 Å². The van der Waals surface area contributed by atoms with Gasteiger partial charge in [0, 0.05) is 41.8 Å². The van der Waals surface area contributed by atoms with Crippen LogP contribution in [0.4, 0.5) is 5.13 Å². The van der Waals surface area contributed by atoms with Crippen LogP contribution in [0.5, 0.6) is 0 Å². The number of rotatable bonds is 3. The van der Waals surface area contributed by atoms with Gasteiger partial charge in [0.2, 0.25) is 0 Å². The van der Waals surface area contributed by atoms with Gasteiger partial charge in [0.15, 0.2) is 11.1 Å². The van der Waals surface area contributed by atoms with Crippen LogP contribution in [0, 0.1) is 0 Å². The number of thiazole rings is 2. The Hall–Kier alpha value is -2.32. The number of hydrogen-bond donors (Lipinski definition) is 2. The van der Waals surface area contributed by atoms with Gasteiger partial charge in [-0.15, -0.1) is 22.7 Å². The van der Waals surface area contributed by atoms with Crippen LogP contribution in [0.15, 0.2) is 40.3 Å². The van der Waals surface area contributed by atoms with Crippen LogP contribution in [0.25, 0.3) is 22.0 Å². The molecule has 2 N–H and O–H groups in total. The molecule has 0 unspecified atom stereocenters. The molecule has 1 aliphatic rings. The van der Waals surface area contributed by atoms with Crippen molar-refractivity contribution >= 4 is 33.8 Å². The third-order valence-electron chi connectivity index (χ3n) is 3.30. The van der Waals surface area contributed by atoms with Gasteiger partial charge in [-0.3, -0.25) is 9.98 Å². The molecule has 0 saturated carbocycles. The third kappa shape index (κ3) is 3.22. The van der Waals surface area contributed by atoms with E-state index in [2.05, 4.69) is 30.6 Å². The average Bonchev–Trinajstić information content (AvgIpc) is 3.26. The molecule has 1 aliphatic heterocycles. The average molecular weight is 342 g/mol. The number of anilines is 1. The molecule has 0 atom stereocenters. The quantitative estimate of drug-likeness (QED) is 0.765. The Morgan fingerprint density at radius 1 is 1.13 bits per heavy atom. The molecule has 0 amide bonds. The summed E-state index contributed by atoms with van der Waals surface area (Å²) in [5, 5.41) is 12.3. The lowest BCUT2D eigenvalue weighted by Gasteiger charge is -2.13. The van der Waals surface area contributed by atoms with E-state index in [9.17, 15) is 0 Å². The van der Waals surface area contributed by atoms with Gasteiger partial charge in [0.1, 0.15) is 16.4 Å². The van der Waals surface area contributed by atoms with Gasteiger partial charge in [0.05, 0.1) is 0 Å². The van der Waals surface area contributed by atoms with E-state index in [-0.39, 0.29) is 0 Å². The van der Waals surface area contributed by atoms with E-state index in [0.717, 1.165) is 52.6 Å². The van der Waals surface area contributed by atoms with Crippen LogP contribution >= 0.6 is 22.7 Å². The van der Waals surface area contributed by atoms with Gasteiger partial charge >= 0.3 is 0 Å². The fourth-order valence-electron chi connectivity index (χ4n) is 2.18. The summed E-state index contributed by atoms with van der Waals surface area (Å²) < 4.78 is 0. The highest BCUT2D eigenvalue weighted by atomic mass is 32.1. The summed E-state index contributed by atoms with van der Waals surface area (Å²) in [5.74, 6) is 0.798. The summed E-state index contributed by atoms with van der Waals surface area (Å²) in [5.41, 5.74) is 2.79. The molecule has 0 bridgehead atoms. The maximum absolute atomic E-state index is 4.66. The molecule has 3 aromatic heterocycles. The largest absolute Gasteiger partial charge is 0.356 e. The summed E-state index contributed by atoms with van der Waals surface area (Å²) in [6, 6.07) is 3.93. The number of nitrogens with one attached hydrogen (secondary N) is 2. The van der Waals surface area contributed by atoms with Crippen molar-refractivity contribution in [2.75, 3.05) is 18.4 Å². The van der Waals surface area contributed by atoms with Crippen LogP contribution in [-0.2, 0) is 0 Å². The van der Waals surface area contributed by atoms with Crippen molar-refractivity contribution in [1.82, 2.24) is 20.3 Å². The first kappa shape index (κ1) is 14.3. The van der Waals surface area contributed by atoms with Crippen LogP contribution < -0.4 is 10.6 Å². The molecule has 3 aromatic rings. The van der Waals surface area contributed by atoms with E-state index in [0.29, 0.717) is 0 Å². The minimum absolute atomic E-state index is 0.798. The van der Waals surface area contributed by atoms with E-state index in [1.807, 2.05) is 29.1 Å². The van der Waals surface area contributed by atoms with Crippen LogP contribution in [0.1, 0.15) is 6.42 Å². The predicted octanol–water partition coefficient (Wildman–Crippen LogP) is 3.09. The maximum Gasteiger partial charge on any atom is 0.197 e. The summed E-state index contributed by atoms with van der Waals surface area (Å²) >= 11 is 3.15. The monoisotopic (exact) mass is 342 g/mol. The van der Waals surface area contributed by atoms with E-state index >= 15 is 0 Å². The Morgan fingerprint density at radius 2 is 2.04 bits per heavy atom. The SMILES string of the molecule is c1cncc(-c2nc(-c3csc(NC4=NCCCN4)n3)cs2)c1. The minimum Gasteiger partial charge on any atom is -0.356 e. The lowest BCUT2D eigenvalue weighted by Crippen LogP contribution is -2.35. The molecule has 4 heterocycles. The summed E-state index contributed by atoms with van der Waals surface area (Å²) in [6.45, 7) is 1.80. The molecule has 0 fully saturated rings. The molecule has 0 spiro atoms. The van der Waals surface area contributed by atoms with Gasteiger partial charge in [-0.25, -0.2) is 9.97 Å². The summed E-state index contributed by atoms with van der Waals surface area (Å²) in [7, 11) is 0. The molecule has 0 aliphatic carbocycles. The molecule has 6 nitrogen and oxygen atoms in total. The Kier molecular flexibility index (Phi) is 3.99. The first-order valence-electron chi connectivity index (χ1n) is 7.26. The molecule has 4 rings (SSSR count). The van der Waals surface area contributed by atoms with Crippen molar-refractivity contribution in [2.24, 2.45) is 4.99 Å². The highest BCUT2D eigenvalue weighted by Gasteiger charge is 2.12. The maximum atomic E-state index is 4.66. The van der Waals surface area contributed by atoms with Gasteiger partial charge in [-0.1, -0.05) is 0 Å². The lowest BCUT2D eigenvalue weighted by molar-refractivity contribution is 0.740. The third-order valence-corrected chi connectivity index (χ3v) is 4.95. The van der Waals surface area contributed by atoms with Gasteiger partial charge < -0.3 is 10.6 Å². The van der Waals surface area contributed by atoms with Gasteiger partial charge in [-0.2, -0.15) is 0 Å². The molecule has 0 radical (unpaired) electrons. The van der Waals surface area contributed by atoms with Crippen molar-refractivity contribution in [3.8, 4) is 22.0 Å². The zero-order valence-corrected chi connectivity index (χ0v) is 13.8. The zero-order valence-electron chi connectivity index (χ0n) is 12.2. The standard InChI is InChI=1S/C15H14N6S2/c1-3-10(7-16-4-1)13-19-11(8-22-13)12-9-23-15(20-12)21-14-17-5-2-6-18-14/h1,3-4,7-9H,2,5-6H2,(H2,17,18,20,21). The second-order valence-electron chi connectivity index (χ2n) is 4.95. The Balaban J connectivity index is 1.53. The molecular weight excluding hydrogens is 328 g/mol. The highest BCUT2D eigenvalue weighted by molar-refractivity contribution is 7.14. The first-order chi connectivity index (χ1) is 11.4. The topological polar surface area (TPSA) is 75.1 Å². The minimum atomic E-state index is 0.798. The number of nitrogens with zero attached hydrogens (tertiary/aromatic N) is 4. The summed E-state index contributed by atoms with van der Waals surface area (Å²) in [4.78, 5) is 17.8. The van der Waals surface area contributed by atoms with E-state index in [1.54, 1.807) is 28.9 Å². The van der Waals surface area contributed by atoms with E-state index < -0.39 is 0 Å². The Labute approximate surface area is 141 Å². The van der Waals surface area contributed by atoms with Crippen molar-refractivity contribution in [3.05, 3.63) is 35.3 Å². The fourth-order valence-corrected chi connectivity index (χ4v) is 3.69. The zero-order chi connectivity index (χ0) is 15.5. The van der Waals surface area contributed by atoms with Crippen LogP contribution in [0.3, 0.4) is 0 Å². The van der Waals surface area contributed by atoms with Crippen molar-refractivity contribution < 1.29 is 0 Å². The molecule has 0 saturated heterocycles. The number of guanidine groups is 1. The highest BCUT2D eigenvalue weighted by Crippen LogP contribution is 2.30. The Bertz CT molecular complexity index is 823. The second-order valence-corrected chi connectivity index (χ2v) is 6.67. The van der Waals surface area contributed by atoms with Crippen molar-refractivity contribution in [3.63, 3.8) is 0 Å². The van der Waals surface area contributed by atoms with Crippen molar-refractivity contribution in [2.45, 2.75) is 6.42 Å². The number of hydrogen-bond acceptors (Lipinski definition) is 8. The number of aliphatic imine (C=N–C) groups is 1. The molecule has 23 heavy (non-hydrogen) atoms. The summed E-state index contributed by atoms with van der Waals surface area (Å²) in [6.07, 6.45) is 4.66. The number of aromatic nitrogens is 3. The smallest absolute Gasteiger partial charge is 0.197 e. The predicted molar refractivity (Wildman–Crippen MR) is 95.0 cm³/mol. The fraction of sp³-hybridized carbons (Fsp3) is 0.200. The van der Waals surface area contributed by atoms with Crippen LogP contribution in [0.2, 0.25) is 0 Å². The molecule has 8 heteroatoms. The molecule has 116 valence electrons. The lowest BCUT2D eigenvalue weighted by atomic mass is 10.3.